The highest BCUT2D eigenvalue weighted by molar-refractivity contribution is 5.48. The lowest BCUT2D eigenvalue weighted by molar-refractivity contribution is 0.146. The molecule has 0 saturated carbocycles. The van der Waals surface area contributed by atoms with Crippen LogP contribution in [0.1, 0.15) is 19.3 Å². The Morgan fingerprint density at radius 1 is 1.26 bits per heavy atom. The Balaban J connectivity index is 1.79. The molecule has 0 aromatic heterocycles. The highest BCUT2D eigenvalue weighted by Gasteiger charge is 2.09. The number of rotatable bonds is 7. The van der Waals surface area contributed by atoms with Crippen molar-refractivity contribution < 1.29 is 9.47 Å². The van der Waals surface area contributed by atoms with Gasteiger partial charge in [0.2, 0.25) is 0 Å². The van der Waals surface area contributed by atoms with E-state index in [1.165, 1.54) is 19.3 Å². The third-order valence-corrected chi connectivity index (χ3v) is 3.36. The molecule has 2 rings (SSSR count). The molecular weight excluding hydrogens is 238 g/mol. The highest BCUT2D eigenvalue weighted by Crippen LogP contribution is 2.21. The van der Waals surface area contributed by atoms with Gasteiger partial charge in [0.1, 0.15) is 12.4 Å². The van der Waals surface area contributed by atoms with Crippen LogP contribution in [0.2, 0.25) is 0 Å². The summed E-state index contributed by atoms with van der Waals surface area (Å²) >= 11 is 0. The quantitative estimate of drug-likeness (QED) is 0.602. The maximum Gasteiger partial charge on any atom is 0.121 e. The molecule has 0 heterocycles. The summed E-state index contributed by atoms with van der Waals surface area (Å²) < 4.78 is 10.6. The number of hydrogen-bond donors (Lipinski definition) is 1. The normalized spacial score (nSPS) is 18.3. The van der Waals surface area contributed by atoms with E-state index in [2.05, 4.69) is 23.5 Å². The smallest absolute Gasteiger partial charge is 0.121 e. The van der Waals surface area contributed by atoms with Gasteiger partial charge in [0.05, 0.1) is 6.61 Å². The summed E-state index contributed by atoms with van der Waals surface area (Å²) in [6.45, 7) is 2.24. The van der Waals surface area contributed by atoms with Crippen molar-refractivity contribution in [2.75, 3.05) is 32.2 Å². The van der Waals surface area contributed by atoms with E-state index in [1.54, 1.807) is 7.11 Å². The first-order valence-electron chi connectivity index (χ1n) is 6.99. The molecule has 1 atom stereocenters. The largest absolute Gasteiger partial charge is 0.491 e. The zero-order chi connectivity index (χ0) is 13.3. The molecule has 3 heteroatoms. The molecule has 3 nitrogen and oxygen atoms in total. The van der Waals surface area contributed by atoms with E-state index < -0.39 is 0 Å². The van der Waals surface area contributed by atoms with Gasteiger partial charge in [0, 0.05) is 25.4 Å². The van der Waals surface area contributed by atoms with Crippen molar-refractivity contribution in [3.8, 4) is 5.75 Å². The van der Waals surface area contributed by atoms with Crippen molar-refractivity contribution in [2.45, 2.75) is 19.3 Å². The van der Waals surface area contributed by atoms with Gasteiger partial charge in [-0.2, -0.15) is 0 Å². The van der Waals surface area contributed by atoms with Gasteiger partial charge >= 0.3 is 0 Å². The van der Waals surface area contributed by atoms with Crippen LogP contribution in [0.25, 0.3) is 0 Å². The van der Waals surface area contributed by atoms with Crippen LogP contribution in [0, 0.1) is 5.92 Å². The van der Waals surface area contributed by atoms with Crippen molar-refractivity contribution >= 4 is 5.69 Å². The summed E-state index contributed by atoms with van der Waals surface area (Å²) in [6.07, 6.45) is 8.26. The van der Waals surface area contributed by atoms with Gasteiger partial charge in [0.25, 0.3) is 0 Å². The second-order valence-corrected chi connectivity index (χ2v) is 4.90. The van der Waals surface area contributed by atoms with E-state index in [0.29, 0.717) is 13.2 Å². The van der Waals surface area contributed by atoms with Gasteiger partial charge < -0.3 is 14.8 Å². The SMILES string of the molecule is COCCOc1cccc(NCC2CC=CCC2)c1. The van der Waals surface area contributed by atoms with E-state index in [1.807, 2.05) is 18.2 Å². The third kappa shape index (κ3) is 4.95. The number of anilines is 1. The van der Waals surface area contributed by atoms with E-state index in [4.69, 9.17) is 9.47 Å². The van der Waals surface area contributed by atoms with Crippen LogP contribution in [0.4, 0.5) is 5.69 Å². The number of benzene rings is 1. The number of allylic oxidation sites excluding steroid dienone is 2. The van der Waals surface area contributed by atoms with Crippen LogP contribution >= 0.6 is 0 Å². The van der Waals surface area contributed by atoms with Crippen LogP contribution in [-0.2, 0) is 4.74 Å². The fourth-order valence-electron chi connectivity index (χ4n) is 2.24. The molecule has 1 aliphatic rings. The zero-order valence-electron chi connectivity index (χ0n) is 11.6. The van der Waals surface area contributed by atoms with Crippen LogP contribution in [-0.4, -0.2) is 26.9 Å². The molecule has 0 radical (unpaired) electrons. The average Bonchev–Trinajstić information content (AvgIpc) is 2.47. The molecule has 0 saturated heterocycles. The third-order valence-electron chi connectivity index (χ3n) is 3.36. The van der Waals surface area contributed by atoms with Gasteiger partial charge in [-0.25, -0.2) is 0 Å². The molecule has 0 fully saturated rings. The predicted octanol–water partition coefficient (Wildman–Crippen LogP) is 3.48. The second-order valence-electron chi connectivity index (χ2n) is 4.90. The van der Waals surface area contributed by atoms with Crippen molar-refractivity contribution in [3.63, 3.8) is 0 Å². The van der Waals surface area contributed by atoms with E-state index in [-0.39, 0.29) is 0 Å². The maximum absolute atomic E-state index is 5.60. The maximum atomic E-state index is 5.60. The molecule has 0 amide bonds. The van der Waals surface area contributed by atoms with Crippen LogP contribution < -0.4 is 10.1 Å². The topological polar surface area (TPSA) is 30.5 Å². The fraction of sp³-hybridized carbons (Fsp3) is 0.500. The molecule has 1 unspecified atom stereocenters. The second kappa shape index (κ2) is 7.85. The van der Waals surface area contributed by atoms with E-state index in [9.17, 15) is 0 Å². The van der Waals surface area contributed by atoms with Gasteiger partial charge in [-0.3, -0.25) is 0 Å². The summed E-state index contributed by atoms with van der Waals surface area (Å²) in [7, 11) is 1.68. The lowest BCUT2D eigenvalue weighted by atomic mass is 9.94. The summed E-state index contributed by atoms with van der Waals surface area (Å²) in [5, 5.41) is 3.50. The monoisotopic (exact) mass is 261 g/mol. The molecular formula is C16H23NO2. The molecule has 1 aromatic carbocycles. The van der Waals surface area contributed by atoms with Crippen molar-refractivity contribution in [1.82, 2.24) is 0 Å². The van der Waals surface area contributed by atoms with Crippen molar-refractivity contribution in [1.29, 1.82) is 0 Å². The summed E-state index contributed by atoms with van der Waals surface area (Å²) in [4.78, 5) is 0. The average molecular weight is 261 g/mol. The Bertz CT molecular complexity index is 403. The minimum absolute atomic E-state index is 0.591. The lowest BCUT2D eigenvalue weighted by Crippen LogP contribution is -2.15. The Kier molecular flexibility index (Phi) is 5.76. The fourth-order valence-corrected chi connectivity index (χ4v) is 2.24. The van der Waals surface area contributed by atoms with Crippen molar-refractivity contribution in [3.05, 3.63) is 36.4 Å². The first-order valence-corrected chi connectivity index (χ1v) is 6.99. The molecule has 1 aliphatic carbocycles. The minimum atomic E-state index is 0.591. The van der Waals surface area contributed by atoms with Gasteiger partial charge in [0.15, 0.2) is 0 Å². The molecule has 1 N–H and O–H groups in total. The first kappa shape index (κ1) is 13.9. The van der Waals surface area contributed by atoms with E-state index in [0.717, 1.165) is 23.9 Å². The Labute approximate surface area is 115 Å². The van der Waals surface area contributed by atoms with Gasteiger partial charge in [-0.1, -0.05) is 18.2 Å². The van der Waals surface area contributed by atoms with Crippen molar-refractivity contribution in [2.24, 2.45) is 5.92 Å². The lowest BCUT2D eigenvalue weighted by Gasteiger charge is -2.19. The predicted molar refractivity (Wildman–Crippen MR) is 78.8 cm³/mol. The molecule has 19 heavy (non-hydrogen) atoms. The van der Waals surface area contributed by atoms with Crippen LogP contribution in [0.15, 0.2) is 36.4 Å². The zero-order valence-corrected chi connectivity index (χ0v) is 11.6. The van der Waals surface area contributed by atoms with E-state index >= 15 is 0 Å². The first-order chi connectivity index (χ1) is 9.38. The Hall–Kier alpha value is -1.48. The number of methoxy groups -OCH3 is 1. The highest BCUT2D eigenvalue weighted by atomic mass is 16.5. The molecule has 104 valence electrons. The van der Waals surface area contributed by atoms with Crippen LogP contribution in [0.3, 0.4) is 0 Å². The van der Waals surface area contributed by atoms with Gasteiger partial charge in [-0.15, -0.1) is 0 Å². The van der Waals surface area contributed by atoms with Crippen LogP contribution in [0.5, 0.6) is 5.75 Å². The Morgan fingerprint density at radius 2 is 2.21 bits per heavy atom. The number of ether oxygens (including phenoxy) is 2. The standard InChI is InChI=1S/C16H23NO2/c1-18-10-11-19-16-9-5-8-15(12-16)17-13-14-6-3-2-4-7-14/h2-3,5,8-9,12,14,17H,4,6-7,10-11,13H2,1H3. The number of hydrogen-bond acceptors (Lipinski definition) is 3. The minimum Gasteiger partial charge on any atom is -0.491 e. The summed E-state index contributed by atoms with van der Waals surface area (Å²) in [6, 6.07) is 8.13. The molecule has 0 aliphatic heterocycles. The molecule has 1 aromatic rings. The Morgan fingerprint density at radius 3 is 3.00 bits per heavy atom. The van der Waals surface area contributed by atoms with Gasteiger partial charge in [-0.05, 0) is 37.3 Å². The molecule has 0 bridgehead atoms. The number of nitrogens with one attached hydrogen (secondary N) is 1. The summed E-state index contributed by atoms with van der Waals surface area (Å²) in [5.41, 5.74) is 1.13. The molecule has 0 spiro atoms. The summed E-state index contributed by atoms with van der Waals surface area (Å²) in [5.74, 6) is 1.65.